The maximum atomic E-state index is 12.3. The lowest BCUT2D eigenvalue weighted by Crippen LogP contribution is -2.14. The van der Waals surface area contributed by atoms with Crippen LogP contribution < -0.4 is 5.32 Å². The van der Waals surface area contributed by atoms with Crippen molar-refractivity contribution in [1.82, 2.24) is 0 Å². The molecule has 2 aromatic carbocycles. The highest BCUT2D eigenvalue weighted by molar-refractivity contribution is 6.04. The van der Waals surface area contributed by atoms with Gasteiger partial charge in [0.2, 0.25) is 0 Å². The zero-order valence-corrected chi connectivity index (χ0v) is 15.2. The molecule has 0 aliphatic heterocycles. The van der Waals surface area contributed by atoms with E-state index in [4.69, 9.17) is 5.11 Å². The smallest absolute Gasteiger partial charge is 0.303 e. The Hall–Kier alpha value is -2.95. The number of anilines is 1. The van der Waals surface area contributed by atoms with Crippen LogP contribution in [0.5, 0.6) is 0 Å². The van der Waals surface area contributed by atoms with Crippen molar-refractivity contribution in [3.05, 3.63) is 65.2 Å². The molecule has 0 aliphatic rings. The van der Waals surface area contributed by atoms with E-state index in [-0.39, 0.29) is 29.9 Å². The highest BCUT2D eigenvalue weighted by Crippen LogP contribution is 2.22. The van der Waals surface area contributed by atoms with E-state index in [0.29, 0.717) is 16.8 Å². The van der Waals surface area contributed by atoms with Crippen molar-refractivity contribution < 1.29 is 19.5 Å². The molecule has 2 N–H and O–H groups in total. The Morgan fingerprint density at radius 2 is 1.38 bits per heavy atom. The second-order valence-corrected chi connectivity index (χ2v) is 7.18. The average Bonchev–Trinajstić information content (AvgIpc) is 2.59. The number of benzene rings is 2. The molecular formula is C21H23NO4. The number of carbonyl (C=O) groups is 3. The highest BCUT2D eigenvalue weighted by atomic mass is 16.4. The lowest BCUT2D eigenvalue weighted by molar-refractivity contribution is -0.136. The molecule has 0 spiro atoms. The normalized spacial score (nSPS) is 11.0. The fraction of sp³-hybridized carbons (Fsp3) is 0.286. The Kier molecular flexibility index (Phi) is 5.93. The van der Waals surface area contributed by atoms with Crippen LogP contribution >= 0.6 is 0 Å². The van der Waals surface area contributed by atoms with Gasteiger partial charge in [0.25, 0.3) is 5.91 Å². The summed E-state index contributed by atoms with van der Waals surface area (Å²) < 4.78 is 0. The van der Waals surface area contributed by atoms with E-state index < -0.39 is 5.97 Å². The molecule has 0 atom stereocenters. The minimum atomic E-state index is -1.00. The van der Waals surface area contributed by atoms with Crippen molar-refractivity contribution in [1.29, 1.82) is 0 Å². The van der Waals surface area contributed by atoms with Gasteiger partial charge in [0, 0.05) is 23.2 Å². The number of carbonyl (C=O) groups excluding carboxylic acids is 2. The van der Waals surface area contributed by atoms with E-state index in [9.17, 15) is 14.4 Å². The second kappa shape index (κ2) is 7.95. The van der Waals surface area contributed by atoms with Crippen LogP contribution in [0.2, 0.25) is 0 Å². The van der Waals surface area contributed by atoms with Gasteiger partial charge in [-0.3, -0.25) is 14.4 Å². The van der Waals surface area contributed by atoms with Gasteiger partial charge in [-0.15, -0.1) is 0 Å². The number of carboxylic acid groups (broad SMARTS) is 1. The first-order valence-electron chi connectivity index (χ1n) is 8.44. The van der Waals surface area contributed by atoms with Crippen LogP contribution in [0.15, 0.2) is 48.5 Å². The van der Waals surface area contributed by atoms with Crippen molar-refractivity contribution in [3.8, 4) is 0 Å². The largest absolute Gasteiger partial charge is 0.481 e. The van der Waals surface area contributed by atoms with Crippen molar-refractivity contribution in [2.45, 2.75) is 39.0 Å². The van der Waals surface area contributed by atoms with Gasteiger partial charge in [0.1, 0.15) is 0 Å². The Morgan fingerprint density at radius 3 is 1.88 bits per heavy atom. The van der Waals surface area contributed by atoms with Gasteiger partial charge in [-0.1, -0.05) is 32.9 Å². The summed E-state index contributed by atoms with van der Waals surface area (Å²) in [7, 11) is 0. The predicted molar refractivity (Wildman–Crippen MR) is 101 cm³/mol. The first-order chi connectivity index (χ1) is 12.2. The third kappa shape index (κ3) is 5.28. The van der Waals surface area contributed by atoms with Crippen LogP contribution in [-0.2, 0) is 10.2 Å². The minimum Gasteiger partial charge on any atom is -0.481 e. The van der Waals surface area contributed by atoms with Gasteiger partial charge in [-0.05, 0) is 47.4 Å². The van der Waals surface area contributed by atoms with Crippen LogP contribution in [0.1, 0.15) is 59.9 Å². The predicted octanol–water partition coefficient (Wildman–Crippen LogP) is 4.28. The number of carboxylic acids is 1. The summed E-state index contributed by atoms with van der Waals surface area (Å²) in [6, 6.07) is 13.9. The third-order valence-corrected chi connectivity index (χ3v) is 4.04. The highest BCUT2D eigenvalue weighted by Gasteiger charge is 2.14. The van der Waals surface area contributed by atoms with Crippen molar-refractivity contribution in [2.24, 2.45) is 0 Å². The van der Waals surface area contributed by atoms with E-state index in [1.54, 1.807) is 36.4 Å². The molecule has 2 aromatic rings. The van der Waals surface area contributed by atoms with Gasteiger partial charge >= 0.3 is 5.97 Å². The minimum absolute atomic E-state index is 0.0258. The Balaban J connectivity index is 2.01. The standard InChI is InChI=1S/C21H23NO4/c1-21(2,3)16-8-4-15(5-9-16)20(26)22-17-10-6-14(7-11-17)18(23)12-13-19(24)25/h4-11H,12-13H2,1-3H3,(H,22,26)(H,24,25). The molecule has 0 aliphatic carbocycles. The average molecular weight is 353 g/mol. The topological polar surface area (TPSA) is 83.5 Å². The third-order valence-electron chi connectivity index (χ3n) is 4.04. The Labute approximate surface area is 153 Å². The van der Waals surface area contributed by atoms with Crippen LogP contribution in [0.25, 0.3) is 0 Å². The van der Waals surface area contributed by atoms with Crippen molar-refractivity contribution in [2.75, 3.05) is 5.32 Å². The van der Waals surface area contributed by atoms with E-state index >= 15 is 0 Å². The fourth-order valence-corrected chi connectivity index (χ4v) is 2.43. The molecule has 0 radical (unpaired) electrons. The number of ketones is 1. The van der Waals surface area contributed by atoms with E-state index in [1.165, 1.54) is 0 Å². The second-order valence-electron chi connectivity index (χ2n) is 7.18. The number of rotatable bonds is 6. The summed E-state index contributed by atoms with van der Waals surface area (Å²) in [4.78, 5) is 34.7. The maximum Gasteiger partial charge on any atom is 0.303 e. The molecule has 26 heavy (non-hydrogen) atoms. The molecule has 0 unspecified atom stereocenters. The number of hydrogen-bond acceptors (Lipinski definition) is 3. The number of aliphatic carboxylic acids is 1. The van der Waals surface area contributed by atoms with Gasteiger partial charge in [-0.25, -0.2) is 0 Å². The lowest BCUT2D eigenvalue weighted by Gasteiger charge is -2.19. The van der Waals surface area contributed by atoms with E-state index in [2.05, 4.69) is 26.1 Å². The van der Waals surface area contributed by atoms with Crippen LogP contribution in [0.3, 0.4) is 0 Å². The monoisotopic (exact) mass is 353 g/mol. The van der Waals surface area contributed by atoms with Gasteiger partial charge in [0.15, 0.2) is 5.78 Å². The number of nitrogens with one attached hydrogen (secondary N) is 1. The van der Waals surface area contributed by atoms with Crippen LogP contribution in [0, 0.1) is 0 Å². The van der Waals surface area contributed by atoms with Crippen molar-refractivity contribution in [3.63, 3.8) is 0 Å². The molecule has 1 amide bonds. The SMILES string of the molecule is CC(C)(C)c1ccc(C(=O)Nc2ccc(C(=O)CCC(=O)O)cc2)cc1. The van der Waals surface area contributed by atoms with Crippen LogP contribution in [-0.4, -0.2) is 22.8 Å². The lowest BCUT2D eigenvalue weighted by atomic mass is 9.87. The van der Waals surface area contributed by atoms with E-state index in [1.807, 2.05) is 12.1 Å². The molecule has 0 saturated heterocycles. The number of hydrogen-bond donors (Lipinski definition) is 2. The molecule has 0 fully saturated rings. The molecule has 2 rings (SSSR count). The molecule has 0 bridgehead atoms. The first-order valence-corrected chi connectivity index (χ1v) is 8.44. The summed E-state index contributed by atoms with van der Waals surface area (Å²) in [6.07, 6.45) is -0.233. The molecule has 136 valence electrons. The molecule has 5 heteroatoms. The number of Topliss-reactive ketones (excluding diaryl/α,β-unsaturated/α-hetero) is 1. The summed E-state index contributed by atoms with van der Waals surface area (Å²) in [6.45, 7) is 6.34. The molecule has 0 heterocycles. The molecule has 0 saturated carbocycles. The zero-order valence-electron chi connectivity index (χ0n) is 15.2. The van der Waals surface area contributed by atoms with Crippen LogP contribution in [0.4, 0.5) is 5.69 Å². The summed E-state index contributed by atoms with van der Waals surface area (Å²) >= 11 is 0. The Bertz CT molecular complexity index is 799. The summed E-state index contributed by atoms with van der Waals surface area (Å²) in [5, 5.41) is 11.4. The first kappa shape index (κ1) is 19.4. The van der Waals surface area contributed by atoms with Gasteiger partial charge < -0.3 is 10.4 Å². The van der Waals surface area contributed by atoms with Gasteiger partial charge in [0.05, 0.1) is 6.42 Å². The number of amides is 1. The summed E-state index contributed by atoms with van der Waals surface area (Å²) in [5.74, 6) is -1.46. The van der Waals surface area contributed by atoms with E-state index in [0.717, 1.165) is 5.56 Å². The van der Waals surface area contributed by atoms with Crippen molar-refractivity contribution >= 4 is 23.3 Å². The van der Waals surface area contributed by atoms with Gasteiger partial charge in [-0.2, -0.15) is 0 Å². The molecular weight excluding hydrogens is 330 g/mol. The quantitative estimate of drug-likeness (QED) is 0.759. The summed E-state index contributed by atoms with van der Waals surface area (Å²) in [5.41, 5.74) is 2.74. The molecule has 0 aromatic heterocycles. The molecule has 5 nitrogen and oxygen atoms in total. The fourth-order valence-electron chi connectivity index (χ4n) is 2.43. The maximum absolute atomic E-state index is 12.3. The Morgan fingerprint density at radius 1 is 0.846 bits per heavy atom. The zero-order chi connectivity index (χ0) is 19.3.